The smallest absolute Gasteiger partial charge is 0.261 e. The van der Waals surface area contributed by atoms with E-state index in [9.17, 15) is 0 Å². The maximum absolute atomic E-state index is 7.41. The average Bonchev–Trinajstić information content (AvgIpc) is 3.60. The van der Waals surface area contributed by atoms with Crippen molar-refractivity contribution in [2.24, 2.45) is 0 Å². The average molecular weight is 1020 g/mol. The van der Waals surface area contributed by atoms with Crippen LogP contribution >= 0.6 is 0 Å². The van der Waals surface area contributed by atoms with Gasteiger partial charge in [0.25, 0.3) is 13.4 Å². The van der Waals surface area contributed by atoms with Gasteiger partial charge in [-0.25, -0.2) is 0 Å². The van der Waals surface area contributed by atoms with E-state index in [1.54, 1.807) is 0 Å². The molecule has 0 radical (unpaired) electrons. The van der Waals surface area contributed by atoms with E-state index >= 15 is 0 Å². The fourth-order valence-corrected chi connectivity index (χ4v) is 13.1. The summed E-state index contributed by atoms with van der Waals surface area (Å²) in [6.45, 7) is 20.4. The number of rotatable bonds is 12. The summed E-state index contributed by atoms with van der Waals surface area (Å²) in [5.74, 6) is 6.45. The highest BCUT2D eigenvalue weighted by Gasteiger charge is 2.49. The van der Waals surface area contributed by atoms with Crippen LogP contribution in [0.1, 0.15) is 107 Å². The third kappa shape index (κ3) is 8.52. The lowest BCUT2D eigenvalue weighted by atomic mass is 9.30. The molecule has 0 N–H and O–H groups in total. The summed E-state index contributed by atoms with van der Waals surface area (Å²) in [6.07, 6.45) is 5.43. The number of ether oxygens (including phenoxy) is 4. The van der Waals surface area contributed by atoms with Gasteiger partial charge in [0, 0.05) is 69.9 Å². The van der Waals surface area contributed by atoms with E-state index in [0.29, 0.717) is 11.7 Å². The Kier molecular flexibility index (Phi) is 12.3. The number of fused-ring (bicyclic) bond motifs is 8. The first-order valence-corrected chi connectivity index (χ1v) is 28.2. The normalized spacial score (nSPS) is 13.8. The van der Waals surface area contributed by atoms with E-state index in [1.807, 2.05) is 60.7 Å². The van der Waals surface area contributed by atoms with Gasteiger partial charge in [-0.2, -0.15) is 0 Å². The molecule has 0 spiro atoms. The standard InChI is InChI=1S/C70H66B2N2O4/c1-10-12-23-47-30-43(3)31-49(36-47)74-59-34-45(5)33-55(70(7,8)9)67(59)71-56-41-57-62(42-58(56)73(48-24-16-13-17-25-48)60-37-52(38-61(74)68(60)71)75-50-26-18-14-19-27-50)77-64-39-53(76-51-28-20-15-21-29-51)40-65-69(64)72(57)66-54(46(6)22-11-2)32-44(4)35-63(66)78-65/h13-21,24-42,46H,10-12,22-23H2,1-9H3/t46-/m0/s1. The zero-order valence-electron chi connectivity index (χ0n) is 46.5. The fraction of sp³-hybridized carbons (Fsp3) is 0.229. The van der Waals surface area contributed by atoms with Crippen molar-refractivity contribution in [1.82, 2.24) is 0 Å². The molecule has 0 amide bonds. The Bertz CT molecular complexity index is 3820. The Labute approximate surface area is 461 Å². The summed E-state index contributed by atoms with van der Waals surface area (Å²) in [4.78, 5) is 5.04. The fourth-order valence-electron chi connectivity index (χ4n) is 13.1. The monoisotopic (exact) mass is 1020 g/mol. The van der Waals surface area contributed by atoms with Crippen molar-refractivity contribution in [3.8, 4) is 46.0 Å². The van der Waals surface area contributed by atoms with Gasteiger partial charge >= 0.3 is 0 Å². The molecular formula is C70H66B2N2O4. The molecule has 0 unspecified atom stereocenters. The Morgan fingerprint density at radius 2 is 1.04 bits per heavy atom. The zero-order chi connectivity index (χ0) is 53.6. The van der Waals surface area contributed by atoms with Crippen molar-refractivity contribution in [2.75, 3.05) is 9.80 Å². The third-order valence-corrected chi connectivity index (χ3v) is 16.4. The van der Waals surface area contributed by atoms with Crippen LogP contribution in [0.15, 0.2) is 170 Å². The van der Waals surface area contributed by atoms with Gasteiger partial charge in [-0.1, -0.05) is 133 Å². The van der Waals surface area contributed by atoms with Gasteiger partial charge in [0.1, 0.15) is 46.0 Å². The molecule has 6 nitrogen and oxygen atoms in total. The number of hydrogen-bond donors (Lipinski definition) is 0. The van der Waals surface area contributed by atoms with Crippen molar-refractivity contribution in [1.29, 1.82) is 0 Å². The summed E-state index contributed by atoms with van der Waals surface area (Å²) < 4.78 is 28.2. The molecule has 4 heterocycles. The predicted molar refractivity (Wildman–Crippen MR) is 326 cm³/mol. The first kappa shape index (κ1) is 49.5. The van der Waals surface area contributed by atoms with E-state index in [1.165, 1.54) is 60.9 Å². The van der Waals surface area contributed by atoms with Crippen LogP contribution < -0.4 is 61.5 Å². The molecule has 0 aliphatic carbocycles. The van der Waals surface area contributed by atoms with Crippen LogP contribution in [0.25, 0.3) is 0 Å². The molecule has 13 rings (SSSR count). The van der Waals surface area contributed by atoms with Crippen molar-refractivity contribution >= 4 is 80.3 Å². The number of para-hydroxylation sites is 3. The van der Waals surface area contributed by atoms with Crippen LogP contribution in [-0.2, 0) is 11.8 Å². The van der Waals surface area contributed by atoms with Crippen LogP contribution in [0.3, 0.4) is 0 Å². The van der Waals surface area contributed by atoms with Gasteiger partial charge < -0.3 is 28.7 Å². The molecular weight excluding hydrogens is 954 g/mol. The maximum Gasteiger partial charge on any atom is 0.261 e. The van der Waals surface area contributed by atoms with Gasteiger partial charge in [-0.3, -0.25) is 0 Å². The molecule has 78 heavy (non-hydrogen) atoms. The molecule has 0 bridgehead atoms. The van der Waals surface area contributed by atoms with Crippen molar-refractivity contribution in [2.45, 2.75) is 106 Å². The quantitative estimate of drug-likeness (QED) is 0.114. The molecule has 4 aliphatic rings. The molecule has 8 heteroatoms. The van der Waals surface area contributed by atoms with Gasteiger partial charge in [-0.05, 0) is 173 Å². The lowest BCUT2D eigenvalue weighted by Gasteiger charge is -2.46. The van der Waals surface area contributed by atoms with Gasteiger partial charge in [0.05, 0.1) is 0 Å². The first-order valence-electron chi connectivity index (χ1n) is 28.2. The topological polar surface area (TPSA) is 43.4 Å². The van der Waals surface area contributed by atoms with Crippen LogP contribution in [0, 0.1) is 20.8 Å². The second kappa shape index (κ2) is 19.4. The molecule has 386 valence electrons. The van der Waals surface area contributed by atoms with Crippen LogP contribution in [0.2, 0.25) is 0 Å². The highest BCUT2D eigenvalue weighted by atomic mass is 16.5. The first-order chi connectivity index (χ1) is 37.8. The van der Waals surface area contributed by atoms with E-state index in [4.69, 9.17) is 18.9 Å². The molecule has 4 aliphatic heterocycles. The molecule has 0 saturated heterocycles. The molecule has 0 aromatic heterocycles. The van der Waals surface area contributed by atoms with E-state index in [-0.39, 0.29) is 18.8 Å². The summed E-state index contributed by atoms with van der Waals surface area (Å²) in [5.41, 5.74) is 21.3. The molecule has 9 aromatic carbocycles. The number of hydrogen-bond acceptors (Lipinski definition) is 6. The minimum absolute atomic E-state index is 0.176. The largest absolute Gasteiger partial charge is 0.458 e. The van der Waals surface area contributed by atoms with Crippen molar-refractivity contribution < 1.29 is 18.9 Å². The van der Waals surface area contributed by atoms with Crippen molar-refractivity contribution in [3.05, 3.63) is 203 Å². The summed E-state index contributed by atoms with van der Waals surface area (Å²) in [5, 5.41) is 0. The predicted octanol–water partition coefficient (Wildman–Crippen LogP) is 15.6. The van der Waals surface area contributed by atoms with Gasteiger partial charge in [0.15, 0.2) is 0 Å². The van der Waals surface area contributed by atoms with Gasteiger partial charge in [0.2, 0.25) is 0 Å². The van der Waals surface area contributed by atoms with Crippen molar-refractivity contribution in [3.63, 3.8) is 0 Å². The number of aryl methyl sites for hydroxylation is 4. The number of nitrogens with zero attached hydrogens (tertiary/aromatic N) is 2. The highest BCUT2D eigenvalue weighted by molar-refractivity contribution is 7.02. The number of anilines is 6. The summed E-state index contributed by atoms with van der Waals surface area (Å²) >= 11 is 0. The van der Waals surface area contributed by atoms with Crippen LogP contribution in [0.5, 0.6) is 46.0 Å². The molecule has 1 atom stereocenters. The maximum atomic E-state index is 7.41. The van der Waals surface area contributed by atoms with Crippen LogP contribution in [0.4, 0.5) is 34.1 Å². The van der Waals surface area contributed by atoms with Crippen LogP contribution in [-0.4, -0.2) is 13.4 Å². The summed E-state index contributed by atoms with van der Waals surface area (Å²) in [7, 11) is 0. The molecule has 0 fully saturated rings. The minimum atomic E-state index is -0.210. The minimum Gasteiger partial charge on any atom is -0.458 e. The molecule has 0 saturated carbocycles. The van der Waals surface area contributed by atoms with E-state index < -0.39 is 0 Å². The second-order valence-corrected chi connectivity index (χ2v) is 23.3. The Hall–Kier alpha value is -8.09. The Morgan fingerprint density at radius 1 is 0.474 bits per heavy atom. The lowest BCUT2D eigenvalue weighted by Crippen LogP contribution is -2.65. The Balaban J connectivity index is 1.13. The second-order valence-electron chi connectivity index (χ2n) is 23.3. The number of benzene rings is 9. The highest BCUT2D eigenvalue weighted by Crippen LogP contribution is 2.50. The van der Waals surface area contributed by atoms with E-state index in [2.05, 4.69) is 181 Å². The zero-order valence-corrected chi connectivity index (χ0v) is 46.5. The SMILES string of the molecule is CCCCc1cc(C)cc(N2c3cc(Oc4ccccc4)cc4c3B(c3cc5c(cc3N4c3ccccc3)Oc3cc(Oc4ccccc4)cc4c3B5c3c(cc(C)cc3[C@@H](C)CCC)O4)c3c2cc(C)cc3C(C)(C)C)c1. The van der Waals surface area contributed by atoms with Gasteiger partial charge in [-0.15, -0.1) is 0 Å². The third-order valence-electron chi connectivity index (χ3n) is 16.4. The summed E-state index contributed by atoms with van der Waals surface area (Å²) in [6, 6.07) is 61.3. The van der Waals surface area contributed by atoms with E-state index in [0.717, 1.165) is 112 Å². The number of unbranched alkanes of at least 4 members (excludes halogenated alkanes) is 1. The Morgan fingerprint density at radius 3 is 1.68 bits per heavy atom. The lowest BCUT2D eigenvalue weighted by molar-refractivity contribution is 0.442. The molecule has 9 aromatic rings.